The second-order valence-corrected chi connectivity index (χ2v) is 5.92. The van der Waals surface area contributed by atoms with Crippen LogP contribution in [0.4, 0.5) is 0 Å². The summed E-state index contributed by atoms with van der Waals surface area (Å²) in [5.41, 5.74) is 2.98. The maximum Gasteiger partial charge on any atom is 0.191 e. The molecule has 1 unspecified atom stereocenters. The molecule has 0 fully saturated rings. The fraction of sp³-hybridized carbons (Fsp3) is 0.611. The highest BCUT2D eigenvalue weighted by atomic mass is 127. The molecule has 0 spiro atoms. The number of ether oxygens (including phenoxy) is 1. The van der Waals surface area contributed by atoms with E-state index in [1.165, 1.54) is 11.1 Å². The van der Waals surface area contributed by atoms with E-state index in [0.717, 1.165) is 45.0 Å². The number of fused-ring (bicyclic) bond motifs is 1. The zero-order valence-corrected chi connectivity index (χ0v) is 17.4. The number of methoxy groups -OCH3 is 1. The molecule has 1 atom stereocenters. The van der Waals surface area contributed by atoms with Gasteiger partial charge in [-0.15, -0.1) is 24.0 Å². The Morgan fingerprint density at radius 3 is 2.71 bits per heavy atom. The van der Waals surface area contributed by atoms with Gasteiger partial charge in [-0.25, -0.2) is 0 Å². The van der Waals surface area contributed by atoms with Crippen LogP contribution in [-0.2, 0) is 17.7 Å². The molecule has 0 saturated carbocycles. The summed E-state index contributed by atoms with van der Waals surface area (Å²) in [7, 11) is 3.51. The molecule has 1 aromatic carbocycles. The molecule has 1 aliphatic heterocycles. The van der Waals surface area contributed by atoms with Crippen LogP contribution < -0.4 is 10.6 Å². The van der Waals surface area contributed by atoms with Crippen molar-refractivity contribution < 1.29 is 4.74 Å². The first-order valence-electron chi connectivity index (χ1n) is 8.52. The maximum absolute atomic E-state index is 5.06. The van der Waals surface area contributed by atoms with Gasteiger partial charge in [-0.2, -0.15) is 0 Å². The Morgan fingerprint density at radius 1 is 1.29 bits per heavy atom. The number of benzene rings is 1. The van der Waals surface area contributed by atoms with E-state index in [-0.39, 0.29) is 24.0 Å². The van der Waals surface area contributed by atoms with Crippen LogP contribution in [0.3, 0.4) is 0 Å². The van der Waals surface area contributed by atoms with Gasteiger partial charge < -0.3 is 15.4 Å². The van der Waals surface area contributed by atoms with Crippen molar-refractivity contribution in [3.8, 4) is 0 Å². The molecule has 2 rings (SSSR count). The van der Waals surface area contributed by atoms with Gasteiger partial charge in [0.25, 0.3) is 0 Å². The number of hydrogen-bond acceptors (Lipinski definition) is 3. The predicted molar refractivity (Wildman–Crippen MR) is 111 cm³/mol. The number of aliphatic imine (C=N–C) groups is 1. The Hall–Kier alpha value is -0.860. The van der Waals surface area contributed by atoms with E-state index >= 15 is 0 Å². The van der Waals surface area contributed by atoms with Gasteiger partial charge in [0.2, 0.25) is 0 Å². The lowest BCUT2D eigenvalue weighted by Crippen LogP contribution is -2.48. The van der Waals surface area contributed by atoms with Crippen LogP contribution in [-0.4, -0.2) is 57.3 Å². The van der Waals surface area contributed by atoms with E-state index in [0.29, 0.717) is 12.6 Å². The van der Waals surface area contributed by atoms with Gasteiger partial charge in [0, 0.05) is 46.4 Å². The molecule has 2 N–H and O–H groups in total. The van der Waals surface area contributed by atoms with Crippen LogP contribution in [0.2, 0.25) is 0 Å². The number of nitrogens with one attached hydrogen (secondary N) is 2. The van der Waals surface area contributed by atoms with E-state index in [1.54, 1.807) is 14.2 Å². The summed E-state index contributed by atoms with van der Waals surface area (Å²) in [4.78, 5) is 6.85. The van der Waals surface area contributed by atoms with Crippen LogP contribution in [0.25, 0.3) is 0 Å². The highest BCUT2D eigenvalue weighted by molar-refractivity contribution is 14.0. The van der Waals surface area contributed by atoms with Gasteiger partial charge in [-0.05, 0) is 24.0 Å². The highest BCUT2D eigenvalue weighted by Gasteiger charge is 2.22. The summed E-state index contributed by atoms with van der Waals surface area (Å²) in [6, 6.07) is 9.32. The van der Waals surface area contributed by atoms with E-state index < -0.39 is 0 Å². The van der Waals surface area contributed by atoms with Crippen LogP contribution in [0.5, 0.6) is 0 Å². The van der Waals surface area contributed by atoms with E-state index in [4.69, 9.17) is 4.74 Å². The largest absolute Gasteiger partial charge is 0.383 e. The highest BCUT2D eigenvalue weighted by Crippen LogP contribution is 2.21. The van der Waals surface area contributed by atoms with Crippen LogP contribution in [0.15, 0.2) is 29.3 Å². The van der Waals surface area contributed by atoms with Crippen molar-refractivity contribution >= 4 is 29.9 Å². The summed E-state index contributed by atoms with van der Waals surface area (Å²) in [6.07, 6.45) is 2.28. The zero-order valence-electron chi connectivity index (χ0n) is 15.0. The second kappa shape index (κ2) is 11.7. The molecule has 0 aliphatic carbocycles. The molecule has 0 radical (unpaired) electrons. The standard InChI is InChI=1S/C18H30N4O.HI/c1-4-17(13-21-18(19-2)20-10-12-23-3)22-11-9-15-7-5-6-8-16(15)14-22;/h5-8,17H,4,9-14H2,1-3H3,(H2,19,20,21);1H. The predicted octanol–water partition coefficient (Wildman–Crippen LogP) is 2.25. The maximum atomic E-state index is 5.06. The fourth-order valence-electron chi connectivity index (χ4n) is 3.07. The summed E-state index contributed by atoms with van der Waals surface area (Å²) >= 11 is 0. The zero-order chi connectivity index (χ0) is 16.5. The molecule has 0 saturated heterocycles. The second-order valence-electron chi connectivity index (χ2n) is 5.92. The average molecular weight is 446 g/mol. The summed E-state index contributed by atoms with van der Waals surface area (Å²) in [6.45, 7) is 6.79. The van der Waals surface area contributed by atoms with Crippen molar-refractivity contribution in [3.63, 3.8) is 0 Å². The Bertz CT molecular complexity index is 510. The Balaban J connectivity index is 0.00000288. The Labute approximate surface area is 163 Å². The SMILES string of the molecule is CCC(CNC(=NC)NCCOC)N1CCc2ccccc2C1.I. The number of halogens is 1. The molecule has 1 aliphatic rings. The monoisotopic (exact) mass is 446 g/mol. The number of guanidine groups is 1. The van der Waals surface area contributed by atoms with Crippen molar-refractivity contribution in [1.82, 2.24) is 15.5 Å². The van der Waals surface area contributed by atoms with Gasteiger partial charge in [-0.3, -0.25) is 9.89 Å². The molecule has 24 heavy (non-hydrogen) atoms. The average Bonchev–Trinajstić information content (AvgIpc) is 2.60. The van der Waals surface area contributed by atoms with E-state index in [2.05, 4.69) is 51.7 Å². The minimum Gasteiger partial charge on any atom is -0.383 e. The van der Waals surface area contributed by atoms with Crippen LogP contribution in [0, 0.1) is 0 Å². The summed E-state index contributed by atoms with van der Waals surface area (Å²) < 4.78 is 5.06. The minimum atomic E-state index is 0. The van der Waals surface area contributed by atoms with Crippen molar-refractivity contribution in [2.75, 3.05) is 40.4 Å². The lowest BCUT2D eigenvalue weighted by Gasteiger charge is -2.35. The number of nitrogens with zero attached hydrogens (tertiary/aromatic N) is 2. The van der Waals surface area contributed by atoms with E-state index in [1.807, 2.05) is 0 Å². The molecule has 0 aromatic heterocycles. The van der Waals surface area contributed by atoms with Crippen molar-refractivity contribution in [2.24, 2.45) is 4.99 Å². The quantitative estimate of drug-likeness (QED) is 0.292. The molecule has 6 heteroatoms. The van der Waals surface area contributed by atoms with Gasteiger partial charge >= 0.3 is 0 Å². The smallest absolute Gasteiger partial charge is 0.191 e. The third kappa shape index (κ3) is 6.22. The summed E-state index contributed by atoms with van der Waals surface area (Å²) in [5.74, 6) is 0.845. The fourth-order valence-corrected chi connectivity index (χ4v) is 3.07. The molecule has 1 aromatic rings. The normalized spacial score (nSPS) is 16.0. The van der Waals surface area contributed by atoms with Gasteiger partial charge in [-0.1, -0.05) is 31.2 Å². The molecule has 136 valence electrons. The van der Waals surface area contributed by atoms with E-state index in [9.17, 15) is 0 Å². The molecular weight excluding hydrogens is 415 g/mol. The topological polar surface area (TPSA) is 48.9 Å². The minimum absolute atomic E-state index is 0. The molecule has 0 bridgehead atoms. The van der Waals surface area contributed by atoms with Gasteiger partial charge in [0.1, 0.15) is 0 Å². The molecular formula is C18H31IN4O. The lowest BCUT2D eigenvalue weighted by atomic mass is 9.98. The van der Waals surface area contributed by atoms with Gasteiger partial charge in [0.15, 0.2) is 5.96 Å². The lowest BCUT2D eigenvalue weighted by molar-refractivity contribution is 0.174. The first-order chi connectivity index (χ1) is 11.3. The molecule has 1 heterocycles. The van der Waals surface area contributed by atoms with Gasteiger partial charge in [0.05, 0.1) is 6.61 Å². The molecule has 5 nitrogen and oxygen atoms in total. The number of rotatable bonds is 7. The van der Waals surface area contributed by atoms with Crippen molar-refractivity contribution in [1.29, 1.82) is 0 Å². The van der Waals surface area contributed by atoms with Crippen molar-refractivity contribution in [2.45, 2.75) is 32.4 Å². The Kier molecular flexibility index (Phi) is 10.3. The Morgan fingerprint density at radius 2 is 2.04 bits per heavy atom. The molecule has 0 amide bonds. The van der Waals surface area contributed by atoms with Crippen LogP contribution in [0.1, 0.15) is 24.5 Å². The summed E-state index contributed by atoms with van der Waals surface area (Å²) in [5, 5.41) is 6.71. The third-order valence-electron chi connectivity index (χ3n) is 4.48. The third-order valence-corrected chi connectivity index (χ3v) is 4.48. The number of hydrogen-bond donors (Lipinski definition) is 2. The van der Waals surface area contributed by atoms with Crippen LogP contribution >= 0.6 is 24.0 Å². The first kappa shape index (κ1) is 21.2. The van der Waals surface area contributed by atoms with Crippen molar-refractivity contribution in [3.05, 3.63) is 35.4 Å². The first-order valence-corrected chi connectivity index (χ1v) is 8.52.